The Morgan fingerprint density at radius 2 is 1.93 bits per heavy atom. The van der Waals surface area contributed by atoms with Gasteiger partial charge in [-0.2, -0.15) is 13.2 Å². The van der Waals surface area contributed by atoms with Crippen LogP contribution in [0.2, 0.25) is 0 Å². The van der Waals surface area contributed by atoms with Crippen LogP contribution in [-0.4, -0.2) is 55.2 Å². The van der Waals surface area contributed by atoms with Gasteiger partial charge < -0.3 is 15.0 Å². The van der Waals surface area contributed by atoms with Crippen molar-refractivity contribution in [1.82, 2.24) is 9.80 Å². The van der Waals surface area contributed by atoms with E-state index in [0.717, 1.165) is 37.0 Å². The van der Waals surface area contributed by atoms with E-state index in [0.29, 0.717) is 26.3 Å². The fraction of sp³-hybridized carbons (Fsp3) is 0.450. The van der Waals surface area contributed by atoms with Gasteiger partial charge in [-0.15, -0.1) is 11.3 Å². The quantitative estimate of drug-likeness (QED) is 0.707. The zero-order valence-electron chi connectivity index (χ0n) is 16.0. The van der Waals surface area contributed by atoms with E-state index < -0.39 is 17.8 Å². The van der Waals surface area contributed by atoms with Crippen molar-refractivity contribution >= 4 is 23.1 Å². The second-order valence-electron chi connectivity index (χ2n) is 6.78. The maximum absolute atomic E-state index is 13.2. The summed E-state index contributed by atoms with van der Waals surface area (Å²) in [6, 6.07) is 8.31. The number of carbonyl (C=O) groups excluding carboxylic acids is 1. The number of amides is 2. The molecule has 1 aliphatic rings. The summed E-state index contributed by atoms with van der Waals surface area (Å²) in [5.74, 6) is 0. The van der Waals surface area contributed by atoms with Gasteiger partial charge in [-0.25, -0.2) is 4.79 Å². The van der Waals surface area contributed by atoms with Crippen LogP contribution >= 0.6 is 11.3 Å². The summed E-state index contributed by atoms with van der Waals surface area (Å²) in [6.45, 7) is 4.75. The average molecular weight is 427 g/mol. The van der Waals surface area contributed by atoms with Gasteiger partial charge in [0.15, 0.2) is 0 Å². The molecule has 0 bridgehead atoms. The van der Waals surface area contributed by atoms with Crippen molar-refractivity contribution in [3.8, 4) is 0 Å². The highest BCUT2D eigenvalue weighted by atomic mass is 32.1. The Morgan fingerprint density at radius 3 is 2.62 bits per heavy atom. The molecule has 0 saturated carbocycles. The maximum Gasteiger partial charge on any atom is 0.418 e. The van der Waals surface area contributed by atoms with Gasteiger partial charge in [-0.3, -0.25) is 4.90 Å². The van der Waals surface area contributed by atoms with E-state index in [1.54, 1.807) is 4.90 Å². The van der Waals surface area contributed by atoms with Gasteiger partial charge in [-0.1, -0.05) is 18.2 Å². The van der Waals surface area contributed by atoms with Gasteiger partial charge in [0.1, 0.15) is 0 Å². The van der Waals surface area contributed by atoms with Crippen molar-refractivity contribution in [2.24, 2.45) is 0 Å². The van der Waals surface area contributed by atoms with Crippen molar-refractivity contribution < 1.29 is 22.7 Å². The average Bonchev–Trinajstić information content (AvgIpc) is 3.21. The van der Waals surface area contributed by atoms with Crippen LogP contribution in [0.15, 0.2) is 41.8 Å². The van der Waals surface area contributed by atoms with Crippen molar-refractivity contribution in [3.05, 3.63) is 52.2 Å². The smallest absolute Gasteiger partial charge is 0.379 e. The minimum absolute atomic E-state index is 0.227. The number of ether oxygens (including phenoxy) is 1. The number of rotatable bonds is 7. The largest absolute Gasteiger partial charge is 0.418 e. The van der Waals surface area contributed by atoms with Gasteiger partial charge in [-0.05, 0) is 30.0 Å². The molecule has 1 aliphatic heterocycles. The summed E-state index contributed by atoms with van der Waals surface area (Å²) in [6.07, 6.45) is -3.79. The fourth-order valence-electron chi connectivity index (χ4n) is 3.19. The molecule has 2 heterocycles. The van der Waals surface area contributed by atoms with Crippen LogP contribution in [0.4, 0.5) is 23.7 Å². The molecule has 1 aromatic carbocycles. The Labute approximate surface area is 172 Å². The molecule has 5 nitrogen and oxygen atoms in total. The third-order valence-corrected chi connectivity index (χ3v) is 5.56. The Morgan fingerprint density at radius 1 is 1.17 bits per heavy atom. The first-order valence-electron chi connectivity index (χ1n) is 9.48. The molecule has 2 amide bonds. The summed E-state index contributed by atoms with van der Waals surface area (Å²) in [5.41, 5.74) is -1.08. The third-order valence-electron chi connectivity index (χ3n) is 4.69. The van der Waals surface area contributed by atoms with E-state index in [2.05, 4.69) is 10.2 Å². The first-order chi connectivity index (χ1) is 13.9. The molecule has 1 N–H and O–H groups in total. The molecular weight excluding hydrogens is 403 g/mol. The molecule has 1 fully saturated rings. The fourth-order valence-corrected chi connectivity index (χ4v) is 3.91. The van der Waals surface area contributed by atoms with Crippen LogP contribution in [0.25, 0.3) is 0 Å². The number of carbonyl (C=O) groups is 1. The number of thiophene rings is 1. The SMILES string of the molecule is O=C(Nc1ccccc1C(F)(F)F)N(CCCN1CCOCC1)Cc1cccs1. The van der Waals surface area contributed by atoms with E-state index in [1.807, 2.05) is 17.5 Å². The third kappa shape index (κ3) is 6.45. The number of halogens is 3. The molecule has 0 unspecified atom stereocenters. The molecule has 1 aromatic heterocycles. The van der Waals surface area contributed by atoms with E-state index in [-0.39, 0.29) is 5.69 Å². The molecular formula is C20H24F3N3O2S. The first kappa shape index (κ1) is 21.6. The topological polar surface area (TPSA) is 44.8 Å². The monoisotopic (exact) mass is 427 g/mol. The van der Waals surface area contributed by atoms with Gasteiger partial charge in [0.05, 0.1) is 31.0 Å². The van der Waals surface area contributed by atoms with Crippen LogP contribution < -0.4 is 5.32 Å². The molecule has 0 radical (unpaired) electrons. The minimum atomic E-state index is -4.53. The zero-order chi connectivity index (χ0) is 20.7. The van der Waals surface area contributed by atoms with Crippen LogP contribution in [0.5, 0.6) is 0 Å². The van der Waals surface area contributed by atoms with Crippen LogP contribution in [0, 0.1) is 0 Å². The lowest BCUT2D eigenvalue weighted by atomic mass is 10.1. The standard InChI is InChI=1S/C20H24F3N3O2S/c21-20(22,23)17-6-1-2-7-18(17)24-19(27)26(15-16-5-3-14-29-16)9-4-8-25-10-12-28-13-11-25/h1-3,5-7,14H,4,8-13,15H2,(H,24,27). The predicted octanol–water partition coefficient (Wildman–Crippen LogP) is 4.52. The number of nitrogens with one attached hydrogen (secondary N) is 1. The highest BCUT2D eigenvalue weighted by Gasteiger charge is 2.34. The Bertz CT molecular complexity index is 778. The summed E-state index contributed by atoms with van der Waals surface area (Å²) in [5, 5.41) is 4.37. The number of morpholine rings is 1. The molecule has 0 spiro atoms. The summed E-state index contributed by atoms with van der Waals surface area (Å²) >= 11 is 1.52. The molecule has 2 aromatic rings. The summed E-state index contributed by atoms with van der Waals surface area (Å²) in [4.78, 5) is 17.6. The Balaban J connectivity index is 1.65. The van der Waals surface area contributed by atoms with E-state index in [1.165, 1.54) is 29.5 Å². The number of benzene rings is 1. The summed E-state index contributed by atoms with van der Waals surface area (Å²) in [7, 11) is 0. The molecule has 0 aliphatic carbocycles. The number of alkyl halides is 3. The number of hydrogen-bond donors (Lipinski definition) is 1. The number of nitrogens with zero attached hydrogens (tertiary/aromatic N) is 2. The van der Waals surface area contributed by atoms with Gasteiger partial charge in [0, 0.05) is 31.1 Å². The molecule has 1 saturated heterocycles. The Kier molecular flexibility index (Phi) is 7.51. The van der Waals surface area contributed by atoms with Gasteiger partial charge in [0.25, 0.3) is 0 Å². The van der Waals surface area contributed by atoms with Crippen LogP contribution in [0.1, 0.15) is 16.9 Å². The second kappa shape index (κ2) is 10.1. The highest BCUT2D eigenvalue weighted by molar-refractivity contribution is 7.09. The van der Waals surface area contributed by atoms with Crippen molar-refractivity contribution in [2.45, 2.75) is 19.1 Å². The highest BCUT2D eigenvalue weighted by Crippen LogP contribution is 2.34. The molecule has 3 rings (SSSR count). The molecule has 9 heteroatoms. The maximum atomic E-state index is 13.2. The van der Waals surface area contributed by atoms with Crippen molar-refractivity contribution in [2.75, 3.05) is 44.7 Å². The Hall–Kier alpha value is -2.10. The predicted molar refractivity (Wildman–Crippen MR) is 107 cm³/mol. The summed E-state index contributed by atoms with van der Waals surface area (Å²) < 4.78 is 45.0. The zero-order valence-corrected chi connectivity index (χ0v) is 16.8. The second-order valence-corrected chi connectivity index (χ2v) is 7.81. The molecule has 29 heavy (non-hydrogen) atoms. The lowest BCUT2D eigenvalue weighted by Crippen LogP contribution is -2.40. The number of hydrogen-bond acceptors (Lipinski definition) is 4. The van der Waals surface area contributed by atoms with Crippen molar-refractivity contribution in [3.63, 3.8) is 0 Å². The number of para-hydroxylation sites is 1. The number of urea groups is 1. The van der Waals surface area contributed by atoms with Crippen molar-refractivity contribution in [1.29, 1.82) is 0 Å². The molecule has 158 valence electrons. The van der Waals surface area contributed by atoms with Crippen LogP contribution in [0.3, 0.4) is 0 Å². The lowest BCUT2D eigenvalue weighted by Gasteiger charge is -2.28. The van der Waals surface area contributed by atoms with E-state index >= 15 is 0 Å². The van der Waals surface area contributed by atoms with Gasteiger partial charge >= 0.3 is 12.2 Å². The van der Waals surface area contributed by atoms with Crippen LogP contribution in [-0.2, 0) is 17.5 Å². The number of anilines is 1. The van der Waals surface area contributed by atoms with E-state index in [4.69, 9.17) is 4.74 Å². The minimum Gasteiger partial charge on any atom is -0.379 e. The van der Waals surface area contributed by atoms with E-state index in [9.17, 15) is 18.0 Å². The lowest BCUT2D eigenvalue weighted by molar-refractivity contribution is -0.136. The normalized spacial score (nSPS) is 15.3. The first-order valence-corrected chi connectivity index (χ1v) is 10.4. The van der Waals surface area contributed by atoms with Gasteiger partial charge in [0.2, 0.25) is 0 Å². The molecule has 0 atom stereocenters.